The average Bonchev–Trinajstić information content (AvgIpc) is 2.52. The number of hydrogen-bond acceptors (Lipinski definition) is 2. The van der Waals surface area contributed by atoms with Gasteiger partial charge < -0.3 is 4.57 Å². The molecule has 0 radical (unpaired) electrons. The summed E-state index contributed by atoms with van der Waals surface area (Å²) in [6.07, 6.45) is 4.53. The van der Waals surface area contributed by atoms with Gasteiger partial charge in [-0.25, -0.2) is 4.98 Å². The van der Waals surface area contributed by atoms with Gasteiger partial charge in [-0.05, 0) is 6.92 Å². The van der Waals surface area contributed by atoms with Crippen molar-refractivity contribution in [2.24, 2.45) is 7.05 Å². The Bertz CT molecular complexity index is 438. The number of carbonyl (C=O) groups excluding carboxylic acids is 1. The minimum Gasteiger partial charge on any atom is -0.320 e. The van der Waals surface area contributed by atoms with Crippen LogP contribution in [0.3, 0.4) is 0 Å². The molecule has 0 N–H and O–H groups in total. The van der Waals surface area contributed by atoms with E-state index in [-0.39, 0.29) is 0 Å². The SMILES string of the molecule is Cc1nc2n(C)ccn2c1C=O. The maximum absolute atomic E-state index is 10.6. The van der Waals surface area contributed by atoms with Crippen LogP contribution in [0.15, 0.2) is 12.4 Å². The lowest BCUT2D eigenvalue weighted by atomic mass is 10.4. The fourth-order valence-electron chi connectivity index (χ4n) is 1.31. The van der Waals surface area contributed by atoms with Crippen molar-refractivity contribution in [1.29, 1.82) is 0 Å². The molecule has 0 aliphatic rings. The Labute approximate surface area is 69.4 Å². The van der Waals surface area contributed by atoms with Crippen molar-refractivity contribution in [1.82, 2.24) is 14.0 Å². The zero-order valence-electron chi connectivity index (χ0n) is 6.98. The molecule has 0 atom stereocenters. The van der Waals surface area contributed by atoms with Crippen LogP contribution in [-0.2, 0) is 7.05 Å². The molecule has 0 aliphatic heterocycles. The van der Waals surface area contributed by atoms with Crippen LogP contribution in [0.2, 0.25) is 0 Å². The lowest BCUT2D eigenvalue weighted by molar-refractivity contribution is 0.111. The van der Waals surface area contributed by atoms with Crippen LogP contribution in [0.25, 0.3) is 5.78 Å². The zero-order valence-corrected chi connectivity index (χ0v) is 6.98. The van der Waals surface area contributed by atoms with E-state index in [1.807, 2.05) is 30.9 Å². The fourth-order valence-corrected chi connectivity index (χ4v) is 1.31. The van der Waals surface area contributed by atoms with Crippen molar-refractivity contribution in [3.05, 3.63) is 23.8 Å². The second-order valence-electron chi connectivity index (χ2n) is 2.78. The average molecular weight is 163 g/mol. The quantitative estimate of drug-likeness (QED) is 0.583. The van der Waals surface area contributed by atoms with Crippen molar-refractivity contribution < 1.29 is 4.79 Å². The Kier molecular flexibility index (Phi) is 1.30. The molecule has 0 aliphatic carbocycles. The van der Waals surface area contributed by atoms with Gasteiger partial charge in [0.1, 0.15) is 5.69 Å². The van der Waals surface area contributed by atoms with E-state index in [4.69, 9.17) is 0 Å². The highest BCUT2D eigenvalue weighted by molar-refractivity contribution is 5.75. The number of nitrogens with zero attached hydrogens (tertiary/aromatic N) is 3. The highest BCUT2D eigenvalue weighted by atomic mass is 16.1. The van der Waals surface area contributed by atoms with Crippen LogP contribution < -0.4 is 0 Å². The van der Waals surface area contributed by atoms with Crippen LogP contribution in [0.5, 0.6) is 0 Å². The molecular weight excluding hydrogens is 154 g/mol. The van der Waals surface area contributed by atoms with Crippen LogP contribution in [0.4, 0.5) is 0 Å². The molecule has 4 nitrogen and oxygen atoms in total. The summed E-state index contributed by atoms with van der Waals surface area (Å²) in [7, 11) is 1.90. The second-order valence-corrected chi connectivity index (χ2v) is 2.78. The predicted molar refractivity (Wildman–Crippen MR) is 44.3 cm³/mol. The number of rotatable bonds is 1. The zero-order chi connectivity index (χ0) is 8.72. The Hall–Kier alpha value is -1.58. The maximum Gasteiger partial charge on any atom is 0.214 e. The summed E-state index contributed by atoms with van der Waals surface area (Å²) in [5, 5.41) is 0. The largest absolute Gasteiger partial charge is 0.320 e. The molecule has 2 aromatic rings. The third-order valence-corrected chi connectivity index (χ3v) is 1.98. The molecule has 0 spiro atoms. The number of carbonyl (C=O) groups is 1. The lowest BCUT2D eigenvalue weighted by Crippen LogP contribution is -1.89. The topological polar surface area (TPSA) is 39.3 Å². The molecule has 0 unspecified atom stereocenters. The van der Waals surface area contributed by atoms with Gasteiger partial charge in [-0.3, -0.25) is 9.20 Å². The summed E-state index contributed by atoms with van der Waals surface area (Å²) in [6, 6.07) is 0. The number of fused-ring (bicyclic) bond motifs is 1. The molecule has 12 heavy (non-hydrogen) atoms. The van der Waals surface area contributed by atoms with Gasteiger partial charge >= 0.3 is 0 Å². The van der Waals surface area contributed by atoms with Crippen molar-refractivity contribution in [2.75, 3.05) is 0 Å². The Morgan fingerprint density at radius 2 is 2.25 bits per heavy atom. The predicted octanol–water partition coefficient (Wildman–Crippen LogP) is 0.794. The van der Waals surface area contributed by atoms with Crippen LogP contribution in [-0.4, -0.2) is 20.2 Å². The summed E-state index contributed by atoms with van der Waals surface area (Å²) < 4.78 is 3.66. The Morgan fingerprint density at radius 3 is 2.92 bits per heavy atom. The van der Waals surface area contributed by atoms with E-state index in [0.717, 1.165) is 17.8 Å². The smallest absolute Gasteiger partial charge is 0.214 e. The van der Waals surface area contributed by atoms with Crippen molar-refractivity contribution in [3.63, 3.8) is 0 Å². The van der Waals surface area contributed by atoms with Gasteiger partial charge in [0.25, 0.3) is 0 Å². The fraction of sp³-hybridized carbons (Fsp3) is 0.250. The molecule has 2 aromatic heterocycles. The van der Waals surface area contributed by atoms with E-state index in [1.165, 1.54) is 0 Å². The van der Waals surface area contributed by atoms with Gasteiger partial charge in [0, 0.05) is 19.4 Å². The first-order chi connectivity index (χ1) is 5.74. The summed E-state index contributed by atoms with van der Waals surface area (Å²) in [6.45, 7) is 1.83. The molecule has 4 heteroatoms. The van der Waals surface area contributed by atoms with Gasteiger partial charge in [-0.2, -0.15) is 0 Å². The summed E-state index contributed by atoms with van der Waals surface area (Å²) in [4.78, 5) is 14.9. The Balaban J connectivity index is 2.90. The first-order valence-electron chi connectivity index (χ1n) is 3.69. The third-order valence-electron chi connectivity index (χ3n) is 1.98. The third kappa shape index (κ3) is 0.717. The summed E-state index contributed by atoms with van der Waals surface area (Å²) >= 11 is 0. The standard InChI is InChI=1S/C8H9N3O/c1-6-7(5-12)11-4-3-10(2)8(11)9-6/h3-5H,1-2H3. The molecule has 2 heterocycles. The molecule has 2 rings (SSSR count). The van der Waals surface area contributed by atoms with Gasteiger partial charge in [-0.15, -0.1) is 0 Å². The Morgan fingerprint density at radius 1 is 1.50 bits per heavy atom. The van der Waals surface area contributed by atoms with E-state index in [1.54, 1.807) is 4.40 Å². The van der Waals surface area contributed by atoms with Crippen LogP contribution in [0.1, 0.15) is 16.2 Å². The van der Waals surface area contributed by atoms with Crippen molar-refractivity contribution >= 4 is 12.1 Å². The minimum absolute atomic E-state index is 0.630. The van der Waals surface area contributed by atoms with E-state index < -0.39 is 0 Å². The monoisotopic (exact) mass is 163 g/mol. The number of aldehydes is 1. The van der Waals surface area contributed by atoms with E-state index in [9.17, 15) is 4.79 Å². The molecule has 0 fully saturated rings. The highest BCUT2D eigenvalue weighted by Crippen LogP contribution is 2.09. The number of aromatic nitrogens is 3. The number of hydrogen-bond donors (Lipinski definition) is 0. The molecule has 0 aromatic carbocycles. The molecule has 0 amide bonds. The van der Waals surface area contributed by atoms with Gasteiger partial charge in [0.2, 0.25) is 5.78 Å². The first-order valence-corrected chi connectivity index (χ1v) is 3.69. The first kappa shape index (κ1) is 7.09. The normalized spacial score (nSPS) is 10.8. The molecule has 62 valence electrons. The van der Waals surface area contributed by atoms with E-state index >= 15 is 0 Å². The van der Waals surface area contributed by atoms with Gasteiger partial charge in [0.05, 0.1) is 5.69 Å². The van der Waals surface area contributed by atoms with E-state index in [2.05, 4.69) is 4.98 Å². The second kappa shape index (κ2) is 2.20. The number of imidazole rings is 2. The van der Waals surface area contributed by atoms with Gasteiger partial charge in [0.15, 0.2) is 6.29 Å². The van der Waals surface area contributed by atoms with Crippen LogP contribution in [0, 0.1) is 6.92 Å². The van der Waals surface area contributed by atoms with Crippen molar-refractivity contribution in [3.8, 4) is 0 Å². The molecule has 0 bridgehead atoms. The molecule has 0 saturated heterocycles. The van der Waals surface area contributed by atoms with E-state index in [0.29, 0.717) is 5.69 Å². The minimum atomic E-state index is 0.630. The van der Waals surface area contributed by atoms with Crippen molar-refractivity contribution in [2.45, 2.75) is 6.92 Å². The van der Waals surface area contributed by atoms with Crippen LogP contribution >= 0.6 is 0 Å². The summed E-state index contributed by atoms with van der Waals surface area (Å²) in [5.41, 5.74) is 1.40. The maximum atomic E-state index is 10.6. The molecular formula is C8H9N3O. The number of aryl methyl sites for hydroxylation is 2. The van der Waals surface area contributed by atoms with Gasteiger partial charge in [-0.1, -0.05) is 0 Å². The lowest BCUT2D eigenvalue weighted by Gasteiger charge is -1.86. The molecule has 0 saturated carbocycles. The summed E-state index contributed by atoms with van der Waals surface area (Å²) in [5.74, 6) is 0.801. The highest BCUT2D eigenvalue weighted by Gasteiger charge is 2.08.